The summed E-state index contributed by atoms with van der Waals surface area (Å²) in [4.78, 5) is 0. The zero-order chi connectivity index (χ0) is 22.7. The summed E-state index contributed by atoms with van der Waals surface area (Å²) in [5, 5.41) is 0. The molecule has 0 spiro atoms. The van der Waals surface area contributed by atoms with Gasteiger partial charge in [-0.25, -0.2) is 0 Å². The normalized spacial score (nSPS) is 8.03. The minimum Gasteiger partial charge on any atom is -0.0776 e. The number of aryl methyl sites for hydroxylation is 6. The van der Waals surface area contributed by atoms with Crippen LogP contribution in [-0.4, -0.2) is 0 Å². The molecule has 0 fully saturated rings. The minimum absolute atomic E-state index is 0. The summed E-state index contributed by atoms with van der Waals surface area (Å²) in [5.41, 5.74) is 10.0. The van der Waals surface area contributed by atoms with E-state index in [0.717, 1.165) is 19.3 Å². The fourth-order valence-electron chi connectivity index (χ4n) is 2.70. The van der Waals surface area contributed by atoms with Crippen LogP contribution >= 0.6 is 0 Å². The Morgan fingerprint density at radius 1 is 0.467 bits per heavy atom. The molecule has 0 saturated carbocycles. The lowest BCUT2D eigenvalue weighted by Gasteiger charge is -2.05. The Bertz CT molecular complexity index is 527. The van der Waals surface area contributed by atoms with Crippen LogP contribution in [0.1, 0.15) is 116 Å². The summed E-state index contributed by atoms with van der Waals surface area (Å²) in [7, 11) is 0. The summed E-state index contributed by atoms with van der Waals surface area (Å²) >= 11 is 0. The van der Waals surface area contributed by atoms with E-state index in [1.54, 1.807) is 0 Å². The molecule has 0 heteroatoms. The molecular weight excluding hydrogens is 360 g/mol. The van der Waals surface area contributed by atoms with Gasteiger partial charge in [-0.15, -0.1) is 0 Å². The summed E-state index contributed by atoms with van der Waals surface area (Å²) in [6, 6.07) is 11.4. The summed E-state index contributed by atoms with van der Waals surface area (Å²) < 4.78 is 0. The molecule has 0 aliphatic heterocycles. The molecule has 0 amide bonds. The standard InChI is InChI=1S/C12H18.C10H14.3C2H6.2CH4/c1-4-10-7-11(5-2)9-12(6-3)8-10;1-7-5-8(2)10(4)9(3)6-7;3*1-2;;/h7-9H,4-6H2,1-3H3;5-6H,1-4H3;3*1-2H3;2*1H4. The molecule has 0 nitrogen and oxygen atoms in total. The molecule has 178 valence electrons. The summed E-state index contributed by atoms with van der Waals surface area (Å²) in [5.74, 6) is 0. The third-order valence-corrected chi connectivity index (χ3v) is 4.41. The second-order valence-electron chi connectivity index (χ2n) is 6.24. The van der Waals surface area contributed by atoms with Crippen molar-refractivity contribution < 1.29 is 0 Å². The van der Waals surface area contributed by atoms with Crippen LogP contribution in [0, 0.1) is 27.7 Å². The molecule has 0 heterocycles. The predicted molar refractivity (Wildman–Crippen MR) is 147 cm³/mol. The Balaban J connectivity index is -0.000000106. The quantitative estimate of drug-likeness (QED) is 0.465. The van der Waals surface area contributed by atoms with Gasteiger partial charge in [-0.3, -0.25) is 0 Å². The van der Waals surface area contributed by atoms with Crippen molar-refractivity contribution in [1.82, 2.24) is 0 Å². The van der Waals surface area contributed by atoms with E-state index in [9.17, 15) is 0 Å². The number of hydrogen-bond acceptors (Lipinski definition) is 0. The number of benzene rings is 2. The Morgan fingerprint density at radius 2 is 0.700 bits per heavy atom. The topological polar surface area (TPSA) is 0 Å². The van der Waals surface area contributed by atoms with Crippen molar-refractivity contribution in [2.75, 3.05) is 0 Å². The molecule has 0 atom stereocenters. The first-order valence-electron chi connectivity index (χ1n) is 11.6. The molecule has 0 unspecified atom stereocenters. The van der Waals surface area contributed by atoms with Gasteiger partial charge in [0.1, 0.15) is 0 Å². The molecular formula is C30H58. The van der Waals surface area contributed by atoms with Crippen molar-refractivity contribution >= 4 is 0 Å². The Hall–Kier alpha value is -1.56. The summed E-state index contributed by atoms with van der Waals surface area (Å²) in [6.45, 7) is 27.3. The van der Waals surface area contributed by atoms with Crippen molar-refractivity contribution in [2.45, 2.75) is 124 Å². The maximum absolute atomic E-state index is 2.32. The van der Waals surface area contributed by atoms with Gasteiger partial charge in [0, 0.05) is 0 Å². The van der Waals surface area contributed by atoms with E-state index in [2.05, 4.69) is 78.8 Å². The molecule has 0 radical (unpaired) electrons. The molecule has 2 aromatic carbocycles. The van der Waals surface area contributed by atoms with E-state index >= 15 is 0 Å². The lowest BCUT2D eigenvalue weighted by molar-refractivity contribution is 1.04. The van der Waals surface area contributed by atoms with Crippen molar-refractivity contribution in [2.24, 2.45) is 0 Å². The zero-order valence-electron chi connectivity index (χ0n) is 21.5. The van der Waals surface area contributed by atoms with Crippen LogP contribution in [0.2, 0.25) is 0 Å². The molecule has 0 aromatic heterocycles. The van der Waals surface area contributed by atoms with Gasteiger partial charge in [-0.05, 0) is 80.3 Å². The van der Waals surface area contributed by atoms with Gasteiger partial charge in [0.2, 0.25) is 0 Å². The zero-order valence-corrected chi connectivity index (χ0v) is 21.5. The first kappa shape index (κ1) is 39.0. The van der Waals surface area contributed by atoms with E-state index in [-0.39, 0.29) is 14.9 Å². The Kier molecular flexibility index (Phi) is 33.1. The second kappa shape index (κ2) is 25.5. The fraction of sp³-hybridized carbons (Fsp3) is 0.600. The van der Waals surface area contributed by atoms with E-state index in [4.69, 9.17) is 0 Å². The number of hydrogen-bond donors (Lipinski definition) is 0. The lowest BCUT2D eigenvalue weighted by Crippen LogP contribution is -1.90. The van der Waals surface area contributed by atoms with E-state index in [0.29, 0.717) is 0 Å². The van der Waals surface area contributed by atoms with Crippen molar-refractivity contribution in [3.63, 3.8) is 0 Å². The van der Waals surface area contributed by atoms with Crippen molar-refractivity contribution in [3.05, 3.63) is 69.3 Å². The molecule has 0 aliphatic rings. The maximum Gasteiger partial charge on any atom is -0.0307 e. The van der Waals surface area contributed by atoms with Crippen LogP contribution in [0.3, 0.4) is 0 Å². The molecule has 0 saturated heterocycles. The Morgan fingerprint density at radius 3 is 0.900 bits per heavy atom. The van der Waals surface area contributed by atoms with Crippen LogP contribution in [0.5, 0.6) is 0 Å². The number of rotatable bonds is 3. The molecule has 30 heavy (non-hydrogen) atoms. The van der Waals surface area contributed by atoms with Crippen LogP contribution in [0.4, 0.5) is 0 Å². The molecule has 2 aromatic rings. The van der Waals surface area contributed by atoms with Gasteiger partial charge >= 0.3 is 0 Å². The average Bonchev–Trinajstić information content (AvgIpc) is 2.76. The highest BCUT2D eigenvalue weighted by atomic mass is 14.0. The van der Waals surface area contributed by atoms with E-state index < -0.39 is 0 Å². The molecule has 0 N–H and O–H groups in total. The third-order valence-electron chi connectivity index (χ3n) is 4.41. The van der Waals surface area contributed by atoms with Gasteiger partial charge < -0.3 is 0 Å². The van der Waals surface area contributed by atoms with Crippen LogP contribution in [0.25, 0.3) is 0 Å². The van der Waals surface area contributed by atoms with Gasteiger partial charge in [-0.2, -0.15) is 0 Å². The molecule has 2 rings (SSSR count). The summed E-state index contributed by atoms with van der Waals surface area (Å²) in [6.07, 6.45) is 3.46. The van der Waals surface area contributed by atoms with Crippen molar-refractivity contribution in [3.8, 4) is 0 Å². The first-order chi connectivity index (χ1) is 13.4. The average molecular weight is 419 g/mol. The van der Waals surface area contributed by atoms with Gasteiger partial charge in [0.05, 0.1) is 0 Å². The van der Waals surface area contributed by atoms with Gasteiger partial charge in [-0.1, -0.05) is 113 Å². The first-order valence-corrected chi connectivity index (χ1v) is 11.6. The Labute approximate surface area is 193 Å². The highest BCUT2D eigenvalue weighted by molar-refractivity contribution is 5.36. The van der Waals surface area contributed by atoms with Crippen LogP contribution < -0.4 is 0 Å². The third kappa shape index (κ3) is 16.3. The van der Waals surface area contributed by atoms with Gasteiger partial charge in [0.25, 0.3) is 0 Å². The van der Waals surface area contributed by atoms with E-state index in [1.807, 2.05) is 41.5 Å². The van der Waals surface area contributed by atoms with Crippen LogP contribution in [-0.2, 0) is 19.3 Å². The SMILES string of the molecule is C.C.CC.CC.CC.CCc1cc(CC)cc(CC)c1.Cc1cc(C)c(C)c(C)c1. The minimum atomic E-state index is 0. The maximum atomic E-state index is 2.32. The van der Waals surface area contributed by atoms with Crippen LogP contribution in [0.15, 0.2) is 30.3 Å². The van der Waals surface area contributed by atoms with E-state index in [1.165, 1.54) is 38.9 Å². The van der Waals surface area contributed by atoms with Crippen molar-refractivity contribution in [1.29, 1.82) is 0 Å². The highest BCUT2D eigenvalue weighted by Gasteiger charge is 1.97. The molecule has 0 bridgehead atoms. The largest absolute Gasteiger partial charge is 0.0776 e. The smallest absolute Gasteiger partial charge is 0.0307 e. The molecule has 0 aliphatic carbocycles. The monoisotopic (exact) mass is 418 g/mol. The second-order valence-corrected chi connectivity index (χ2v) is 6.24. The predicted octanol–water partition coefficient (Wildman–Crippen LogP) is 10.6. The fourth-order valence-corrected chi connectivity index (χ4v) is 2.70. The van der Waals surface area contributed by atoms with Gasteiger partial charge in [0.15, 0.2) is 0 Å². The highest BCUT2D eigenvalue weighted by Crippen LogP contribution is 2.14. The lowest BCUT2D eigenvalue weighted by atomic mass is 10.0.